The van der Waals surface area contributed by atoms with Crippen LogP contribution in [0.15, 0.2) is 97.1 Å². The SMILES string of the molecule is [C-]1=C(Cc2ccccc2)c2c(ccc3ccccc23)C1.[CH3-].[CH3-].[CH3-].[CH3-].[CH3-].[CH3-].[CH3-].[Hf].c1cc[cH-]c1. The second-order valence-corrected chi connectivity index (χ2v) is 6.28. The van der Waals surface area contributed by atoms with Crippen LogP contribution in [0.4, 0.5) is 0 Å². The Bertz CT molecular complexity index is 962. The molecule has 0 aliphatic heterocycles. The van der Waals surface area contributed by atoms with Gasteiger partial charge < -0.3 is 52.0 Å². The summed E-state index contributed by atoms with van der Waals surface area (Å²) in [6.45, 7) is 0. The Balaban J connectivity index is -0.000000182. The van der Waals surface area contributed by atoms with Crippen LogP contribution in [-0.4, -0.2) is 0 Å². The molecule has 0 amide bonds. The minimum atomic E-state index is 0. The van der Waals surface area contributed by atoms with Gasteiger partial charge in [0.2, 0.25) is 0 Å². The molecule has 0 bridgehead atoms. The van der Waals surface area contributed by atoms with Crippen molar-refractivity contribution in [3.8, 4) is 0 Å². The Morgan fingerprint density at radius 2 is 1.21 bits per heavy atom. The van der Waals surface area contributed by atoms with Crippen LogP contribution in [0.2, 0.25) is 0 Å². The maximum atomic E-state index is 3.58. The molecular formula is C32H41Hf-9. The molecule has 0 N–H and O–H groups in total. The van der Waals surface area contributed by atoms with Gasteiger partial charge >= 0.3 is 0 Å². The topological polar surface area (TPSA) is 0 Å². The van der Waals surface area contributed by atoms with E-state index in [4.69, 9.17) is 0 Å². The van der Waals surface area contributed by atoms with E-state index < -0.39 is 0 Å². The van der Waals surface area contributed by atoms with Gasteiger partial charge in [-0.05, 0) is 17.4 Å². The van der Waals surface area contributed by atoms with E-state index in [1.807, 2.05) is 30.3 Å². The first-order valence-electron chi connectivity index (χ1n) is 8.73. The Morgan fingerprint density at radius 1 is 0.636 bits per heavy atom. The van der Waals surface area contributed by atoms with E-state index in [0.29, 0.717) is 0 Å². The summed E-state index contributed by atoms with van der Waals surface area (Å²) in [5.74, 6) is 0. The van der Waals surface area contributed by atoms with Crippen molar-refractivity contribution in [3.05, 3.63) is 172 Å². The molecule has 0 unspecified atom stereocenters. The van der Waals surface area contributed by atoms with Crippen molar-refractivity contribution in [1.82, 2.24) is 0 Å². The summed E-state index contributed by atoms with van der Waals surface area (Å²) in [6, 6.07) is 33.8. The number of fused-ring (bicyclic) bond motifs is 3. The van der Waals surface area contributed by atoms with E-state index in [9.17, 15) is 0 Å². The Kier molecular flexibility index (Phi) is 25.6. The standard InChI is InChI=1S/C20H15.C5H5.7CH3.Hf/c1-2-6-15(7-3-1)14-18-13-12-17-11-10-16-8-4-5-9-19(16)20(17)18;1-2-4-5-3-1;;;;;;;;/h1-11H,12,14H2;1-5H;7*1H3;/q9*-1;. The van der Waals surface area contributed by atoms with Gasteiger partial charge in [-0.1, -0.05) is 72.1 Å². The van der Waals surface area contributed by atoms with Crippen LogP contribution in [0.3, 0.4) is 0 Å². The molecule has 0 aromatic heterocycles. The second-order valence-electron chi connectivity index (χ2n) is 6.28. The average Bonchev–Trinajstić information content (AvgIpc) is 3.36. The van der Waals surface area contributed by atoms with Crippen LogP contribution in [0.5, 0.6) is 0 Å². The van der Waals surface area contributed by atoms with Crippen molar-refractivity contribution >= 4 is 16.3 Å². The van der Waals surface area contributed by atoms with Gasteiger partial charge in [-0.15, -0.1) is 12.0 Å². The zero-order valence-corrected chi connectivity index (χ0v) is 25.2. The fraction of sp³-hybridized carbons (Fsp3) is 0.0625. The van der Waals surface area contributed by atoms with Crippen LogP contribution in [0.25, 0.3) is 16.3 Å². The van der Waals surface area contributed by atoms with Crippen molar-refractivity contribution in [2.45, 2.75) is 12.8 Å². The zero-order chi connectivity index (χ0) is 16.9. The average molecular weight is 604 g/mol. The number of hydrogen-bond acceptors (Lipinski definition) is 0. The molecule has 0 atom stereocenters. The van der Waals surface area contributed by atoms with Gasteiger partial charge in [0, 0.05) is 25.8 Å². The van der Waals surface area contributed by atoms with Crippen LogP contribution in [0, 0.1) is 58.1 Å². The number of rotatable bonds is 2. The number of hydrogen-bond donors (Lipinski definition) is 0. The third kappa shape index (κ3) is 10.1. The summed E-state index contributed by atoms with van der Waals surface area (Å²) in [5.41, 5.74) is 5.53. The van der Waals surface area contributed by atoms with Gasteiger partial charge in [0.25, 0.3) is 0 Å². The molecule has 1 aliphatic carbocycles. The van der Waals surface area contributed by atoms with Crippen LogP contribution >= 0.6 is 0 Å². The van der Waals surface area contributed by atoms with Crippen LogP contribution < -0.4 is 0 Å². The summed E-state index contributed by atoms with van der Waals surface area (Å²) in [6.07, 6.45) is 5.50. The number of allylic oxidation sites excluding steroid dienone is 2. The molecule has 0 heterocycles. The van der Waals surface area contributed by atoms with Crippen molar-refractivity contribution in [2.24, 2.45) is 0 Å². The van der Waals surface area contributed by atoms with Crippen LogP contribution in [0.1, 0.15) is 16.7 Å². The van der Waals surface area contributed by atoms with E-state index in [0.717, 1.165) is 12.8 Å². The maximum absolute atomic E-state index is 3.58. The molecule has 0 nitrogen and oxygen atoms in total. The molecular weight excluding hydrogens is 563 g/mol. The fourth-order valence-electron chi connectivity index (χ4n) is 3.38. The molecule has 1 heteroatoms. The molecule has 0 spiro atoms. The first kappa shape index (κ1) is 41.2. The predicted octanol–water partition coefficient (Wildman–Crippen LogP) is 9.38. The first-order chi connectivity index (χ1) is 12.4. The molecule has 4 aromatic carbocycles. The van der Waals surface area contributed by atoms with Gasteiger partial charge in [-0.2, -0.15) is 23.8 Å². The Hall–Kier alpha value is -2.12. The molecule has 33 heavy (non-hydrogen) atoms. The maximum Gasteiger partial charge on any atom is 0 e. The minimum Gasteiger partial charge on any atom is -0.358 e. The number of benzene rings is 3. The smallest absolute Gasteiger partial charge is 0 e. The van der Waals surface area contributed by atoms with Gasteiger partial charge in [-0.3, -0.25) is 6.08 Å². The third-order valence-corrected chi connectivity index (χ3v) is 4.59. The Morgan fingerprint density at radius 3 is 1.79 bits per heavy atom. The van der Waals surface area contributed by atoms with Crippen molar-refractivity contribution in [3.63, 3.8) is 0 Å². The molecule has 0 fully saturated rings. The first-order valence-corrected chi connectivity index (χ1v) is 8.73. The van der Waals surface area contributed by atoms with Crippen molar-refractivity contribution in [2.75, 3.05) is 0 Å². The van der Waals surface area contributed by atoms with E-state index in [-0.39, 0.29) is 77.8 Å². The van der Waals surface area contributed by atoms with Crippen molar-refractivity contribution in [1.29, 1.82) is 0 Å². The van der Waals surface area contributed by atoms with E-state index in [2.05, 4.69) is 72.8 Å². The molecule has 0 saturated heterocycles. The van der Waals surface area contributed by atoms with E-state index in [1.54, 1.807) is 0 Å². The van der Waals surface area contributed by atoms with E-state index >= 15 is 0 Å². The largest absolute Gasteiger partial charge is 0.358 e. The molecule has 0 saturated carbocycles. The summed E-state index contributed by atoms with van der Waals surface area (Å²) in [7, 11) is 0. The van der Waals surface area contributed by atoms with E-state index in [1.165, 1.54) is 33.0 Å². The van der Waals surface area contributed by atoms with Gasteiger partial charge in [0.1, 0.15) is 0 Å². The Labute approximate surface area is 225 Å². The van der Waals surface area contributed by atoms with Gasteiger partial charge in [0.05, 0.1) is 0 Å². The quantitative estimate of drug-likeness (QED) is 0.158. The second kappa shape index (κ2) is 20.5. The van der Waals surface area contributed by atoms with Gasteiger partial charge in [0.15, 0.2) is 0 Å². The summed E-state index contributed by atoms with van der Waals surface area (Å²) < 4.78 is 0. The van der Waals surface area contributed by atoms with Crippen molar-refractivity contribution < 1.29 is 25.8 Å². The monoisotopic (exact) mass is 605 g/mol. The molecule has 4 aromatic rings. The predicted molar refractivity (Wildman–Crippen MR) is 151 cm³/mol. The molecule has 5 rings (SSSR count). The molecule has 1 aliphatic rings. The van der Waals surface area contributed by atoms with Gasteiger partial charge in [-0.25, -0.2) is 17.7 Å². The van der Waals surface area contributed by atoms with Crippen LogP contribution in [-0.2, 0) is 38.7 Å². The summed E-state index contributed by atoms with van der Waals surface area (Å²) in [5, 5.41) is 2.68. The zero-order valence-electron chi connectivity index (χ0n) is 21.7. The third-order valence-electron chi connectivity index (χ3n) is 4.59. The summed E-state index contributed by atoms with van der Waals surface area (Å²) >= 11 is 0. The minimum absolute atomic E-state index is 0. The summed E-state index contributed by atoms with van der Waals surface area (Å²) in [4.78, 5) is 0. The molecule has 182 valence electrons. The fourth-order valence-corrected chi connectivity index (χ4v) is 3.38. The normalized spacial score (nSPS) is 9.27. The molecule has 0 radical (unpaired) electrons.